The van der Waals surface area contributed by atoms with Crippen molar-refractivity contribution in [1.82, 2.24) is 4.90 Å². The lowest BCUT2D eigenvalue weighted by Crippen LogP contribution is -2.63. The molecular formula is C27H39NO4. The Hall–Kier alpha value is -1.43. The van der Waals surface area contributed by atoms with Gasteiger partial charge >= 0.3 is 0 Å². The molecule has 5 rings (SSSR count). The predicted octanol–water partition coefficient (Wildman–Crippen LogP) is 4.18. The van der Waals surface area contributed by atoms with Crippen molar-refractivity contribution in [3.63, 3.8) is 0 Å². The minimum Gasteiger partial charge on any atom is -0.393 e. The van der Waals surface area contributed by atoms with Crippen LogP contribution in [0.4, 0.5) is 0 Å². The van der Waals surface area contributed by atoms with Crippen LogP contribution in [0.25, 0.3) is 0 Å². The van der Waals surface area contributed by atoms with Crippen LogP contribution < -0.4 is 0 Å². The molecule has 4 aliphatic rings. The molecule has 2 heterocycles. The maximum absolute atomic E-state index is 13.0. The van der Waals surface area contributed by atoms with Crippen LogP contribution in [0, 0.1) is 22.7 Å². The molecule has 2 saturated carbocycles. The molecule has 1 N–H and O–H groups in total. The lowest BCUT2D eigenvalue weighted by atomic mass is 9.46. The van der Waals surface area contributed by atoms with Gasteiger partial charge in [0.1, 0.15) is 0 Å². The van der Waals surface area contributed by atoms with Gasteiger partial charge in [-0.2, -0.15) is 0 Å². The van der Waals surface area contributed by atoms with Gasteiger partial charge < -0.3 is 19.5 Å². The van der Waals surface area contributed by atoms with Crippen molar-refractivity contribution < 1.29 is 19.4 Å². The van der Waals surface area contributed by atoms with E-state index in [1.807, 2.05) is 11.0 Å². The number of hydrogen-bond donors (Lipinski definition) is 1. The number of aliphatic hydroxyl groups excluding tert-OH is 1. The number of likely N-dealkylation sites (tertiary alicyclic amines) is 1. The summed E-state index contributed by atoms with van der Waals surface area (Å²) in [5.74, 6) is 0.653. The maximum Gasteiger partial charge on any atom is 0.222 e. The normalized spacial score (nSPS) is 41.7. The van der Waals surface area contributed by atoms with Crippen LogP contribution in [0.3, 0.4) is 0 Å². The van der Waals surface area contributed by atoms with Gasteiger partial charge in [0.25, 0.3) is 0 Å². The van der Waals surface area contributed by atoms with E-state index in [2.05, 4.69) is 38.1 Å². The van der Waals surface area contributed by atoms with Crippen LogP contribution in [0.5, 0.6) is 0 Å². The molecule has 2 aliphatic heterocycles. The highest BCUT2D eigenvalue weighted by atomic mass is 16.7. The standard InChI is InChI=1S/C27H39NO4/c1-26-13-12-23-27(2,18-31-25(32-23)16-19-8-4-3-5-9-19)22(26)11-10-21(29)20(26)17-24(30)28-14-6-7-15-28/h3-5,8-9,20-23,25,29H,6-7,10-18H2,1-2H3/t20-,21-,22+,23+,25-,26+,27+/m1/s1. The van der Waals surface area contributed by atoms with Crippen molar-refractivity contribution in [3.8, 4) is 0 Å². The van der Waals surface area contributed by atoms with Gasteiger partial charge in [0.05, 0.1) is 18.8 Å². The van der Waals surface area contributed by atoms with Gasteiger partial charge in [-0.25, -0.2) is 0 Å². The summed E-state index contributed by atoms with van der Waals surface area (Å²) in [6, 6.07) is 10.4. The molecular weight excluding hydrogens is 402 g/mol. The second kappa shape index (κ2) is 8.73. The van der Waals surface area contributed by atoms with Crippen LogP contribution >= 0.6 is 0 Å². The van der Waals surface area contributed by atoms with Crippen molar-refractivity contribution >= 4 is 5.91 Å². The number of fused-ring (bicyclic) bond motifs is 3. The van der Waals surface area contributed by atoms with Crippen LogP contribution in [-0.4, -0.2) is 54.1 Å². The number of hydrogen-bond acceptors (Lipinski definition) is 4. The zero-order valence-electron chi connectivity index (χ0n) is 19.7. The fourth-order valence-electron chi connectivity index (χ4n) is 7.48. The summed E-state index contributed by atoms with van der Waals surface area (Å²) in [7, 11) is 0. The zero-order chi connectivity index (χ0) is 22.3. The molecule has 1 aromatic carbocycles. The minimum absolute atomic E-state index is 0.0224. The lowest BCUT2D eigenvalue weighted by molar-refractivity contribution is -0.308. The molecule has 176 valence electrons. The summed E-state index contributed by atoms with van der Waals surface area (Å²) in [5, 5.41) is 11.0. The topological polar surface area (TPSA) is 59.0 Å². The van der Waals surface area contributed by atoms with Gasteiger partial charge in [-0.15, -0.1) is 0 Å². The first kappa shape index (κ1) is 22.4. The molecule has 2 aliphatic carbocycles. The summed E-state index contributed by atoms with van der Waals surface area (Å²) < 4.78 is 12.9. The van der Waals surface area contributed by atoms with E-state index >= 15 is 0 Å². The Balaban J connectivity index is 1.31. The third-order valence-electron chi connectivity index (χ3n) is 9.33. The molecule has 32 heavy (non-hydrogen) atoms. The lowest BCUT2D eigenvalue weighted by Gasteiger charge is -2.63. The van der Waals surface area contributed by atoms with E-state index in [0.29, 0.717) is 18.9 Å². The summed E-state index contributed by atoms with van der Waals surface area (Å²) in [6.07, 6.45) is 6.80. The van der Waals surface area contributed by atoms with Gasteiger partial charge in [-0.05, 0) is 61.3 Å². The molecule has 0 unspecified atom stereocenters. The number of carbonyl (C=O) groups excluding carboxylic acids is 1. The van der Waals surface area contributed by atoms with Gasteiger partial charge in [0.15, 0.2) is 6.29 Å². The molecule has 5 nitrogen and oxygen atoms in total. The SMILES string of the molecule is C[C@@]12CO[C@@H](Cc3ccccc3)O[C@H]1CC[C@]1(C)[C@@H]2CC[C@@H](O)[C@H]1CC(=O)N1CCCC1. The average Bonchev–Trinajstić information content (AvgIpc) is 3.32. The highest BCUT2D eigenvalue weighted by Gasteiger charge is 2.61. The molecule has 0 spiro atoms. The van der Waals surface area contributed by atoms with Gasteiger partial charge in [0, 0.05) is 31.3 Å². The molecule has 7 atom stereocenters. The Morgan fingerprint density at radius 1 is 1.09 bits per heavy atom. The molecule has 4 fully saturated rings. The number of aliphatic hydroxyl groups is 1. The van der Waals surface area contributed by atoms with E-state index in [1.165, 1.54) is 5.56 Å². The number of carbonyl (C=O) groups is 1. The first-order valence-electron chi connectivity index (χ1n) is 12.7. The number of nitrogens with zero attached hydrogens (tertiary/aromatic N) is 1. The summed E-state index contributed by atoms with van der Waals surface area (Å²) in [5.41, 5.74) is 1.11. The van der Waals surface area contributed by atoms with E-state index in [1.54, 1.807) is 0 Å². The zero-order valence-corrected chi connectivity index (χ0v) is 19.7. The van der Waals surface area contributed by atoms with E-state index < -0.39 is 0 Å². The van der Waals surface area contributed by atoms with Crippen LogP contribution in [0.15, 0.2) is 30.3 Å². The van der Waals surface area contributed by atoms with Gasteiger partial charge in [0.2, 0.25) is 5.91 Å². The Morgan fingerprint density at radius 2 is 1.84 bits per heavy atom. The maximum atomic E-state index is 13.0. The number of rotatable bonds is 4. The minimum atomic E-state index is -0.390. The summed E-state index contributed by atoms with van der Waals surface area (Å²) >= 11 is 0. The highest BCUT2D eigenvalue weighted by Crippen LogP contribution is 2.62. The van der Waals surface area contributed by atoms with E-state index in [-0.39, 0.29) is 41.2 Å². The second-order valence-corrected chi connectivity index (χ2v) is 11.2. The van der Waals surface area contributed by atoms with Crippen LogP contribution in [-0.2, 0) is 20.7 Å². The second-order valence-electron chi connectivity index (χ2n) is 11.2. The molecule has 2 saturated heterocycles. The summed E-state index contributed by atoms with van der Waals surface area (Å²) in [6.45, 7) is 7.12. The van der Waals surface area contributed by atoms with Crippen molar-refractivity contribution in [2.24, 2.45) is 22.7 Å². The highest BCUT2D eigenvalue weighted by molar-refractivity contribution is 5.76. The van der Waals surface area contributed by atoms with Gasteiger partial charge in [-0.3, -0.25) is 4.79 Å². The molecule has 0 bridgehead atoms. The van der Waals surface area contributed by atoms with Crippen LogP contribution in [0.2, 0.25) is 0 Å². The Kier molecular flexibility index (Phi) is 6.10. The monoisotopic (exact) mass is 441 g/mol. The average molecular weight is 442 g/mol. The van der Waals surface area contributed by atoms with Crippen molar-refractivity contribution in [1.29, 1.82) is 0 Å². The number of ether oxygens (including phenoxy) is 2. The number of benzene rings is 1. The third kappa shape index (κ3) is 3.91. The first-order chi connectivity index (χ1) is 15.4. The largest absolute Gasteiger partial charge is 0.393 e. The number of amides is 1. The Morgan fingerprint density at radius 3 is 2.59 bits per heavy atom. The molecule has 5 heteroatoms. The van der Waals surface area contributed by atoms with E-state index in [0.717, 1.165) is 58.0 Å². The molecule has 0 aromatic heterocycles. The molecule has 1 amide bonds. The van der Waals surface area contributed by atoms with E-state index in [4.69, 9.17) is 9.47 Å². The van der Waals surface area contributed by atoms with Crippen molar-refractivity contribution in [2.45, 2.75) is 83.7 Å². The third-order valence-corrected chi connectivity index (χ3v) is 9.33. The molecule has 0 radical (unpaired) electrons. The molecule has 1 aromatic rings. The van der Waals surface area contributed by atoms with Crippen LogP contribution in [0.1, 0.15) is 64.4 Å². The quantitative estimate of drug-likeness (QED) is 0.762. The Labute approximate surface area is 192 Å². The van der Waals surface area contributed by atoms with E-state index in [9.17, 15) is 9.90 Å². The van der Waals surface area contributed by atoms with Gasteiger partial charge in [-0.1, -0.05) is 44.2 Å². The fourth-order valence-corrected chi connectivity index (χ4v) is 7.48. The summed E-state index contributed by atoms with van der Waals surface area (Å²) in [4.78, 5) is 15.0. The Bertz CT molecular complexity index is 809. The van der Waals surface area contributed by atoms with Crippen molar-refractivity contribution in [2.75, 3.05) is 19.7 Å². The smallest absolute Gasteiger partial charge is 0.222 e. The van der Waals surface area contributed by atoms with Crippen molar-refractivity contribution in [3.05, 3.63) is 35.9 Å². The fraction of sp³-hybridized carbons (Fsp3) is 0.741. The predicted molar refractivity (Wildman–Crippen MR) is 123 cm³/mol. The first-order valence-corrected chi connectivity index (χ1v) is 12.7.